The van der Waals surface area contributed by atoms with Crippen molar-refractivity contribution >= 4 is 24.7 Å². The number of anilines is 1. The van der Waals surface area contributed by atoms with Crippen molar-refractivity contribution in [2.45, 2.75) is 56.8 Å². The minimum atomic E-state index is -4.24. The number of nitrogen functional groups attached to an aromatic ring is 1. The van der Waals surface area contributed by atoms with Gasteiger partial charge in [0.1, 0.15) is 12.2 Å². The van der Waals surface area contributed by atoms with Crippen LogP contribution < -0.4 is 11.3 Å². The maximum atomic E-state index is 12.2. The second kappa shape index (κ2) is 7.76. The van der Waals surface area contributed by atoms with Gasteiger partial charge in [0.05, 0.1) is 18.5 Å². The third-order valence-corrected chi connectivity index (χ3v) is 6.42. The van der Waals surface area contributed by atoms with Crippen LogP contribution in [-0.2, 0) is 20.9 Å². The summed E-state index contributed by atoms with van der Waals surface area (Å²) in [6, 6.07) is 0. The van der Waals surface area contributed by atoms with Gasteiger partial charge in [0, 0.05) is 13.5 Å². The molecule has 2 aromatic heterocycles. The third kappa shape index (κ3) is 3.94. The molecule has 3 rings (SSSR count). The Balaban J connectivity index is 1.83. The van der Waals surface area contributed by atoms with Gasteiger partial charge < -0.3 is 35.2 Å². The molecule has 0 spiro atoms. The molecule has 0 aromatic carbocycles. The maximum Gasteiger partial charge on any atom is 0.356 e. The molecular formula is C15H24N5O8P. The van der Waals surface area contributed by atoms with E-state index in [4.69, 9.17) is 15.0 Å². The first-order valence-electron chi connectivity index (χ1n) is 8.83. The first-order chi connectivity index (χ1) is 13.4. The van der Waals surface area contributed by atoms with Crippen LogP contribution >= 0.6 is 7.60 Å². The van der Waals surface area contributed by atoms with E-state index in [0.717, 1.165) is 11.5 Å². The molecule has 7 atom stereocenters. The lowest BCUT2D eigenvalue weighted by Gasteiger charge is -2.23. The Morgan fingerprint density at radius 3 is 2.66 bits per heavy atom. The van der Waals surface area contributed by atoms with Crippen molar-refractivity contribution in [3.8, 4) is 0 Å². The number of aliphatic hydroxyl groups is 3. The van der Waals surface area contributed by atoms with Crippen molar-refractivity contribution in [3.63, 3.8) is 0 Å². The van der Waals surface area contributed by atoms with E-state index in [9.17, 15) is 29.6 Å². The largest absolute Gasteiger partial charge is 0.388 e. The molecule has 14 heteroatoms. The first-order valence-corrected chi connectivity index (χ1v) is 10.5. The van der Waals surface area contributed by atoms with E-state index >= 15 is 0 Å². The van der Waals surface area contributed by atoms with Crippen LogP contribution in [0.2, 0.25) is 0 Å². The summed E-state index contributed by atoms with van der Waals surface area (Å²) in [4.78, 5) is 30.0. The lowest BCUT2D eigenvalue weighted by Crippen LogP contribution is -2.33. The Kier molecular flexibility index (Phi) is 5.84. The zero-order chi connectivity index (χ0) is 21.7. The molecule has 0 aliphatic carbocycles. The average Bonchev–Trinajstić information content (AvgIpc) is 3.15. The lowest BCUT2D eigenvalue weighted by molar-refractivity contribution is -0.0462. The average molecular weight is 433 g/mol. The number of aromatic nitrogens is 4. The normalized spacial score (nSPS) is 29.1. The smallest absolute Gasteiger partial charge is 0.356 e. The number of nitrogens with two attached hydrogens (primary N) is 1. The molecule has 6 N–H and O–H groups in total. The van der Waals surface area contributed by atoms with Crippen LogP contribution in [0.3, 0.4) is 0 Å². The minimum absolute atomic E-state index is 0.0188. The summed E-state index contributed by atoms with van der Waals surface area (Å²) in [6.07, 6.45) is -4.49. The number of nitrogens with zero attached hydrogens (tertiary/aromatic N) is 4. The van der Waals surface area contributed by atoms with Gasteiger partial charge in [0.25, 0.3) is 5.56 Å². The van der Waals surface area contributed by atoms with Crippen LogP contribution in [0.4, 0.5) is 5.95 Å². The molecule has 29 heavy (non-hydrogen) atoms. The fourth-order valence-electron chi connectivity index (χ4n) is 3.12. The molecule has 162 valence electrons. The van der Waals surface area contributed by atoms with E-state index in [0.29, 0.717) is 0 Å². The molecule has 6 unspecified atom stereocenters. The van der Waals surface area contributed by atoms with Crippen molar-refractivity contribution in [3.05, 3.63) is 16.7 Å². The van der Waals surface area contributed by atoms with Crippen LogP contribution in [0.5, 0.6) is 0 Å². The summed E-state index contributed by atoms with van der Waals surface area (Å²) in [5, 5.41) is 30.1. The summed E-state index contributed by atoms with van der Waals surface area (Å²) in [7, 11) is -2.80. The molecule has 2 aromatic rings. The number of fused-ring (bicyclic) bond motifs is 1. The van der Waals surface area contributed by atoms with Gasteiger partial charge in [-0.2, -0.15) is 4.98 Å². The highest BCUT2D eigenvalue weighted by molar-refractivity contribution is 7.53. The second-order valence-corrected chi connectivity index (χ2v) is 9.14. The quantitative estimate of drug-likeness (QED) is 0.338. The predicted molar refractivity (Wildman–Crippen MR) is 99.8 cm³/mol. The van der Waals surface area contributed by atoms with Crippen LogP contribution in [-0.4, -0.2) is 69.6 Å². The Bertz CT molecular complexity index is 1010. The topological polar surface area (TPSA) is 195 Å². The van der Waals surface area contributed by atoms with Gasteiger partial charge in [-0.25, -0.2) is 4.98 Å². The van der Waals surface area contributed by atoms with Gasteiger partial charge >= 0.3 is 7.60 Å². The SMILES string of the molecule is CC(CC1O[C@@H](n2cnc3c(=O)n(C)c(N)nc32)C(O)C1O)OP(=O)(O)C(C)O. The van der Waals surface area contributed by atoms with Gasteiger partial charge in [-0.3, -0.25) is 18.5 Å². The second-order valence-electron chi connectivity index (χ2n) is 7.05. The van der Waals surface area contributed by atoms with Gasteiger partial charge in [-0.1, -0.05) is 0 Å². The summed E-state index contributed by atoms with van der Waals surface area (Å²) in [5.41, 5.74) is 5.35. The summed E-state index contributed by atoms with van der Waals surface area (Å²) in [5.74, 6) is -1.64. The Morgan fingerprint density at radius 2 is 2.03 bits per heavy atom. The Hall–Kier alpha value is -1.86. The number of hydrogen-bond acceptors (Lipinski definition) is 10. The molecule has 13 nitrogen and oxygen atoms in total. The molecular weight excluding hydrogens is 409 g/mol. The summed E-state index contributed by atoms with van der Waals surface area (Å²) < 4.78 is 24.9. The zero-order valence-electron chi connectivity index (χ0n) is 16.0. The van der Waals surface area contributed by atoms with Crippen LogP contribution in [0.1, 0.15) is 26.5 Å². The molecule has 1 fully saturated rings. The molecule has 1 aliphatic rings. The molecule has 0 saturated carbocycles. The van der Waals surface area contributed by atoms with Gasteiger partial charge in [0.15, 0.2) is 23.2 Å². The highest BCUT2D eigenvalue weighted by Gasteiger charge is 2.45. The van der Waals surface area contributed by atoms with Crippen molar-refractivity contribution in [2.75, 3.05) is 5.73 Å². The molecule has 0 amide bonds. The van der Waals surface area contributed by atoms with Gasteiger partial charge in [0.2, 0.25) is 5.95 Å². The number of hydrogen-bond donors (Lipinski definition) is 5. The Labute approximate surface area is 164 Å². The lowest BCUT2D eigenvalue weighted by atomic mass is 10.1. The molecule has 3 heterocycles. The first kappa shape index (κ1) is 21.8. The van der Waals surface area contributed by atoms with E-state index in [1.807, 2.05) is 0 Å². The van der Waals surface area contributed by atoms with Crippen LogP contribution in [0.25, 0.3) is 11.2 Å². The van der Waals surface area contributed by atoms with E-state index in [2.05, 4.69) is 9.97 Å². The summed E-state index contributed by atoms with van der Waals surface area (Å²) in [6.45, 7) is 2.60. The summed E-state index contributed by atoms with van der Waals surface area (Å²) >= 11 is 0. The van der Waals surface area contributed by atoms with E-state index in [1.54, 1.807) is 0 Å². The standard InChI is InChI=1S/C15H24N5O8P/c1-6(28-29(25,26)7(2)21)4-8-10(22)11(23)14(27-8)20-5-17-9-12(20)18-15(16)19(3)13(9)24/h5-8,10-11,14,21-23H,4H2,1-3H3,(H2,16,18)(H,25,26)/t6?,7?,8?,10?,11?,14-/m1/s1. The van der Waals surface area contributed by atoms with Crippen LogP contribution in [0, 0.1) is 0 Å². The third-order valence-electron chi connectivity index (χ3n) is 4.82. The Morgan fingerprint density at radius 1 is 1.38 bits per heavy atom. The monoisotopic (exact) mass is 433 g/mol. The zero-order valence-corrected chi connectivity index (χ0v) is 16.9. The minimum Gasteiger partial charge on any atom is -0.388 e. The molecule has 1 saturated heterocycles. The van der Waals surface area contributed by atoms with Gasteiger partial charge in [-0.15, -0.1) is 0 Å². The molecule has 0 radical (unpaired) electrons. The van der Waals surface area contributed by atoms with Crippen molar-refractivity contribution in [1.29, 1.82) is 0 Å². The number of imidazole rings is 1. The van der Waals surface area contributed by atoms with Crippen molar-refractivity contribution < 1.29 is 34.0 Å². The van der Waals surface area contributed by atoms with Crippen LogP contribution in [0.15, 0.2) is 11.1 Å². The van der Waals surface area contributed by atoms with E-state index < -0.39 is 49.6 Å². The van der Waals surface area contributed by atoms with Gasteiger partial charge in [-0.05, 0) is 13.8 Å². The highest BCUT2D eigenvalue weighted by atomic mass is 31.2. The fourth-order valence-corrected chi connectivity index (χ4v) is 3.90. The molecule has 0 bridgehead atoms. The molecule has 1 aliphatic heterocycles. The van der Waals surface area contributed by atoms with Crippen molar-refractivity contribution in [2.24, 2.45) is 7.05 Å². The number of rotatable bonds is 6. The maximum absolute atomic E-state index is 12.2. The fraction of sp³-hybridized carbons (Fsp3) is 0.667. The van der Waals surface area contributed by atoms with E-state index in [-0.39, 0.29) is 23.5 Å². The number of aliphatic hydroxyl groups excluding tert-OH is 3. The number of ether oxygens (including phenoxy) is 1. The highest BCUT2D eigenvalue weighted by Crippen LogP contribution is 2.48. The predicted octanol–water partition coefficient (Wildman–Crippen LogP) is -1.35. The van der Waals surface area contributed by atoms with E-state index in [1.165, 1.54) is 24.9 Å². The van der Waals surface area contributed by atoms with Crippen molar-refractivity contribution in [1.82, 2.24) is 19.1 Å².